The molecule has 0 atom stereocenters. The molecule has 90 valence electrons. The summed E-state index contributed by atoms with van der Waals surface area (Å²) in [5.41, 5.74) is 0. The summed E-state index contributed by atoms with van der Waals surface area (Å²) in [5, 5.41) is 24.2. The number of hydrogen-bond acceptors (Lipinski definition) is 3. The van der Waals surface area contributed by atoms with Crippen molar-refractivity contribution in [3.63, 3.8) is 0 Å². The quantitative estimate of drug-likeness (QED) is 0.466. The van der Waals surface area contributed by atoms with E-state index in [2.05, 4.69) is 0 Å². The van der Waals surface area contributed by atoms with Gasteiger partial charge in [-0.05, 0) is 41.5 Å². The fourth-order valence-corrected chi connectivity index (χ4v) is 0. The molecule has 5 heteroatoms. The lowest BCUT2D eigenvalue weighted by Crippen LogP contribution is -1.85. The Hall–Kier alpha value is 0.945. The van der Waals surface area contributed by atoms with Crippen molar-refractivity contribution in [1.82, 2.24) is 0 Å². The molecule has 0 aromatic heterocycles. The number of rotatable bonds is 0. The molecule has 0 aliphatic rings. The van der Waals surface area contributed by atoms with Crippen LogP contribution >= 0.6 is 0 Å². The molecule has 0 fully saturated rings. The fourth-order valence-electron chi connectivity index (χ4n) is 0. The van der Waals surface area contributed by atoms with Crippen molar-refractivity contribution in [3.05, 3.63) is 0 Å². The highest BCUT2D eigenvalue weighted by Crippen LogP contribution is 1.65. The third kappa shape index (κ3) is 2070. The van der Waals surface area contributed by atoms with Gasteiger partial charge in [-0.1, -0.05) is 0 Å². The monoisotopic (exact) mass is 240 g/mol. The van der Waals surface area contributed by atoms with E-state index in [9.17, 15) is 0 Å². The Morgan fingerprint density at radius 1 is 0.500 bits per heavy atom. The maximum atomic E-state index is 8.06. The third-order valence-corrected chi connectivity index (χ3v) is 0. The number of hydrogen-bond donors (Lipinski definition) is 3. The summed E-state index contributed by atoms with van der Waals surface area (Å²) in [6.07, 6.45) is -0.500. The first kappa shape index (κ1) is 29.4. The van der Waals surface area contributed by atoms with Crippen molar-refractivity contribution < 1.29 is 15.3 Å². The molecule has 0 aromatic carbocycles. The molecule has 0 spiro atoms. The predicted octanol–water partition coefficient (Wildman–Crippen LogP) is -1.21. The molecule has 0 radical (unpaired) electrons. The Morgan fingerprint density at radius 3 is 0.500 bits per heavy atom. The molecule has 0 unspecified atom stereocenters. The molecule has 0 heterocycles. The van der Waals surface area contributed by atoms with E-state index in [0.29, 0.717) is 0 Å². The van der Waals surface area contributed by atoms with E-state index in [1.165, 1.54) is 0 Å². The fraction of sp³-hybridized carbons (Fsp3) is 1.00. The topological polar surface area (TPSA) is 60.7 Å². The molecule has 0 bridgehead atoms. The van der Waals surface area contributed by atoms with Crippen LogP contribution in [0.4, 0.5) is 0 Å². The largest absolute Gasteiger partial charge is 0.394 e. The zero-order valence-corrected chi connectivity index (χ0v) is 9.07. The summed E-state index contributed by atoms with van der Waals surface area (Å²) in [7, 11) is 0. The number of aliphatic hydroxyl groups is 3. The van der Waals surface area contributed by atoms with Crippen LogP contribution in [0, 0.1) is 0 Å². The molecule has 0 aromatic rings. The number of aliphatic hydroxyl groups excluding tert-OH is 3. The smallest absolute Gasteiger partial charge is 0.187 e. The Labute approximate surface area is 110 Å². The summed E-state index contributed by atoms with van der Waals surface area (Å²) in [4.78, 5) is 0. The van der Waals surface area contributed by atoms with Crippen molar-refractivity contribution in [2.75, 3.05) is 0 Å². The molecule has 3 nitrogen and oxygen atoms in total. The van der Waals surface area contributed by atoms with Crippen LogP contribution in [0.2, 0.25) is 0 Å². The summed E-state index contributed by atoms with van der Waals surface area (Å²) >= 11 is 0. The van der Waals surface area contributed by atoms with Gasteiger partial charge in [0.15, 0.2) is 34.7 Å². The maximum Gasteiger partial charge on any atom is 0.187 e. The highest BCUT2D eigenvalue weighted by atomic mass is 27.0. The summed E-state index contributed by atoms with van der Waals surface area (Å²) in [6, 6.07) is 0. The van der Waals surface area contributed by atoms with E-state index < -0.39 is 0 Å². The zero-order valence-electron chi connectivity index (χ0n) is 9.07. The van der Waals surface area contributed by atoms with E-state index in [0.717, 1.165) is 0 Å². The van der Waals surface area contributed by atoms with E-state index in [1.807, 2.05) is 0 Å². The standard InChI is InChI=1S/3C3H8O.2Al.6H/c3*1-3(2)4;;;;;;;;/h3*3-4H,1-2H3;;;;;;;;. The minimum absolute atomic E-state index is 0. The van der Waals surface area contributed by atoms with Crippen molar-refractivity contribution >= 4 is 34.7 Å². The molecular weight excluding hydrogens is 210 g/mol. The molecule has 0 aliphatic heterocycles. The van der Waals surface area contributed by atoms with Crippen LogP contribution in [-0.4, -0.2) is 68.4 Å². The van der Waals surface area contributed by atoms with E-state index >= 15 is 0 Å². The van der Waals surface area contributed by atoms with Gasteiger partial charge in [-0.2, -0.15) is 0 Å². The van der Waals surface area contributed by atoms with Gasteiger partial charge in [-0.25, -0.2) is 0 Å². The van der Waals surface area contributed by atoms with E-state index in [-0.39, 0.29) is 53.0 Å². The van der Waals surface area contributed by atoms with Crippen LogP contribution in [0.15, 0.2) is 0 Å². The summed E-state index contributed by atoms with van der Waals surface area (Å²) in [6.45, 7) is 10.3. The van der Waals surface area contributed by atoms with Gasteiger partial charge in [-0.15, -0.1) is 0 Å². The minimum Gasteiger partial charge on any atom is -0.394 e. The predicted molar refractivity (Wildman–Crippen MR) is 71.9 cm³/mol. The first-order valence-corrected chi connectivity index (χ1v) is 4.24. The Balaban J connectivity index is -0.0000000270. The van der Waals surface area contributed by atoms with E-state index in [4.69, 9.17) is 15.3 Å². The van der Waals surface area contributed by atoms with Crippen LogP contribution < -0.4 is 0 Å². The van der Waals surface area contributed by atoms with Gasteiger partial charge >= 0.3 is 0 Å². The van der Waals surface area contributed by atoms with Crippen molar-refractivity contribution in [3.8, 4) is 0 Å². The van der Waals surface area contributed by atoms with Gasteiger partial charge in [-0.3, -0.25) is 0 Å². The second-order valence-electron chi connectivity index (χ2n) is 3.28. The van der Waals surface area contributed by atoms with Gasteiger partial charge in [0.1, 0.15) is 0 Å². The molecule has 0 saturated heterocycles. The Morgan fingerprint density at radius 2 is 0.500 bits per heavy atom. The first-order valence-electron chi connectivity index (χ1n) is 4.24. The maximum absolute atomic E-state index is 8.06. The molecule has 3 N–H and O–H groups in total. The molecule has 0 rings (SSSR count). The molecule has 0 amide bonds. The molecular formula is C9H30Al2O3. The molecule has 14 heavy (non-hydrogen) atoms. The lowest BCUT2D eigenvalue weighted by atomic mass is 10.5. The zero-order chi connectivity index (χ0) is 10.7. The Kier molecular flexibility index (Phi) is 49.6. The van der Waals surface area contributed by atoms with Crippen LogP contribution in [0.25, 0.3) is 0 Å². The van der Waals surface area contributed by atoms with Crippen molar-refractivity contribution in [2.24, 2.45) is 0 Å². The van der Waals surface area contributed by atoms with E-state index in [1.54, 1.807) is 41.5 Å². The average Bonchev–Trinajstić information content (AvgIpc) is 1.54. The second kappa shape index (κ2) is 23.6. The summed E-state index contributed by atoms with van der Waals surface area (Å²) in [5.74, 6) is 0. The van der Waals surface area contributed by atoms with Crippen LogP contribution in [0.3, 0.4) is 0 Å². The van der Waals surface area contributed by atoms with Crippen molar-refractivity contribution in [2.45, 2.75) is 59.9 Å². The van der Waals surface area contributed by atoms with Crippen LogP contribution in [0.5, 0.6) is 0 Å². The highest BCUT2D eigenvalue weighted by molar-refractivity contribution is 5.76. The minimum atomic E-state index is -0.167. The Bertz CT molecular complexity index is 46.5. The van der Waals surface area contributed by atoms with Gasteiger partial charge in [0.2, 0.25) is 0 Å². The first-order chi connectivity index (χ1) is 5.20. The van der Waals surface area contributed by atoms with Gasteiger partial charge in [0, 0.05) is 18.3 Å². The van der Waals surface area contributed by atoms with Gasteiger partial charge < -0.3 is 15.3 Å². The lowest BCUT2D eigenvalue weighted by Gasteiger charge is -1.80. The van der Waals surface area contributed by atoms with Crippen LogP contribution in [-0.2, 0) is 0 Å². The van der Waals surface area contributed by atoms with Gasteiger partial charge in [0.25, 0.3) is 0 Å². The molecule has 0 aliphatic carbocycles. The third-order valence-electron chi connectivity index (χ3n) is 0. The lowest BCUT2D eigenvalue weighted by molar-refractivity contribution is 0.215. The van der Waals surface area contributed by atoms with Gasteiger partial charge in [0.05, 0.1) is 0 Å². The second-order valence-corrected chi connectivity index (χ2v) is 3.28. The van der Waals surface area contributed by atoms with Crippen LogP contribution in [0.1, 0.15) is 41.5 Å². The molecule has 0 saturated carbocycles. The summed E-state index contributed by atoms with van der Waals surface area (Å²) < 4.78 is 0. The highest BCUT2D eigenvalue weighted by Gasteiger charge is 1.70. The SMILES string of the molecule is CC(C)O.CC(C)O.CC(C)O.[AlH3].[AlH3]. The average molecular weight is 240 g/mol. The normalized spacial score (nSPS) is 7.71. The van der Waals surface area contributed by atoms with Crippen molar-refractivity contribution in [1.29, 1.82) is 0 Å².